The Morgan fingerprint density at radius 2 is 1.67 bits per heavy atom. The van der Waals surface area contributed by atoms with Crippen molar-refractivity contribution in [3.8, 4) is 11.1 Å². The van der Waals surface area contributed by atoms with Gasteiger partial charge in [-0.15, -0.1) is 12.4 Å². The second-order valence-corrected chi connectivity index (χ2v) is 5.71. The van der Waals surface area contributed by atoms with Crippen molar-refractivity contribution in [1.29, 1.82) is 0 Å². The molecule has 0 aliphatic rings. The van der Waals surface area contributed by atoms with Gasteiger partial charge in [-0.25, -0.2) is 4.39 Å². The Balaban J connectivity index is 0.00000288. The molecule has 0 fully saturated rings. The van der Waals surface area contributed by atoms with E-state index in [1.807, 2.05) is 39.1 Å². The van der Waals surface area contributed by atoms with Crippen LogP contribution in [0.1, 0.15) is 27.9 Å². The van der Waals surface area contributed by atoms with Crippen molar-refractivity contribution in [2.45, 2.75) is 20.3 Å². The average Bonchev–Trinajstić information content (AvgIpc) is 2.54. The van der Waals surface area contributed by atoms with Gasteiger partial charge in [0.25, 0.3) is 5.91 Å². The Bertz CT molecular complexity index is 704. The van der Waals surface area contributed by atoms with Crippen LogP contribution in [-0.4, -0.2) is 26.0 Å². The molecule has 0 saturated carbocycles. The Morgan fingerprint density at radius 1 is 1.00 bits per heavy atom. The minimum atomic E-state index is -0.494. The minimum absolute atomic E-state index is 0. The monoisotopic (exact) mass is 350 g/mol. The van der Waals surface area contributed by atoms with Gasteiger partial charge in [0.2, 0.25) is 0 Å². The third kappa shape index (κ3) is 5.05. The number of nitrogens with one attached hydrogen (secondary N) is 2. The Morgan fingerprint density at radius 3 is 2.29 bits per heavy atom. The van der Waals surface area contributed by atoms with Crippen LogP contribution < -0.4 is 10.6 Å². The van der Waals surface area contributed by atoms with Crippen molar-refractivity contribution in [3.63, 3.8) is 0 Å². The molecule has 3 nitrogen and oxygen atoms in total. The molecule has 0 atom stereocenters. The average molecular weight is 351 g/mol. The number of halogens is 2. The molecule has 5 heteroatoms. The summed E-state index contributed by atoms with van der Waals surface area (Å²) in [4.78, 5) is 12.0. The third-order valence-electron chi connectivity index (χ3n) is 3.94. The van der Waals surface area contributed by atoms with Gasteiger partial charge in [0.1, 0.15) is 5.82 Å². The number of hydrogen-bond donors (Lipinski definition) is 2. The number of rotatable bonds is 6. The van der Waals surface area contributed by atoms with E-state index in [-0.39, 0.29) is 23.9 Å². The van der Waals surface area contributed by atoms with Gasteiger partial charge in [-0.1, -0.05) is 24.3 Å². The van der Waals surface area contributed by atoms with E-state index >= 15 is 0 Å². The van der Waals surface area contributed by atoms with Crippen molar-refractivity contribution < 1.29 is 9.18 Å². The summed E-state index contributed by atoms with van der Waals surface area (Å²) in [5.74, 6) is -0.864. The largest absolute Gasteiger partial charge is 0.352 e. The second-order valence-electron chi connectivity index (χ2n) is 5.71. The van der Waals surface area contributed by atoms with Crippen LogP contribution >= 0.6 is 12.4 Å². The lowest BCUT2D eigenvalue weighted by Gasteiger charge is -2.09. The Labute approximate surface area is 149 Å². The van der Waals surface area contributed by atoms with Gasteiger partial charge in [-0.2, -0.15) is 0 Å². The topological polar surface area (TPSA) is 41.1 Å². The van der Waals surface area contributed by atoms with Crippen LogP contribution in [0.3, 0.4) is 0 Å². The zero-order valence-corrected chi connectivity index (χ0v) is 15.1. The molecule has 2 aromatic rings. The standard InChI is InChI=1S/C19H23FN2O.ClH/c1-13-5-6-15(11-14(13)2)16-7-8-17(18(20)12-16)19(23)22-10-4-9-21-3;/h5-8,11-12,21H,4,9-10H2,1-3H3,(H,22,23);1H. The van der Waals surface area contributed by atoms with Gasteiger partial charge in [0, 0.05) is 6.54 Å². The first-order chi connectivity index (χ1) is 11.0. The van der Waals surface area contributed by atoms with Crippen molar-refractivity contribution >= 4 is 18.3 Å². The number of amides is 1. The summed E-state index contributed by atoms with van der Waals surface area (Å²) in [5, 5.41) is 5.73. The van der Waals surface area contributed by atoms with Crippen LogP contribution in [0.2, 0.25) is 0 Å². The Kier molecular flexibility index (Phi) is 7.89. The van der Waals surface area contributed by atoms with Gasteiger partial charge >= 0.3 is 0 Å². The predicted molar refractivity (Wildman–Crippen MR) is 99.4 cm³/mol. The lowest BCUT2D eigenvalue weighted by atomic mass is 9.99. The lowest BCUT2D eigenvalue weighted by molar-refractivity contribution is 0.0949. The highest BCUT2D eigenvalue weighted by atomic mass is 35.5. The van der Waals surface area contributed by atoms with Gasteiger partial charge in [0.05, 0.1) is 5.56 Å². The number of hydrogen-bond acceptors (Lipinski definition) is 2. The first-order valence-electron chi connectivity index (χ1n) is 7.83. The van der Waals surface area contributed by atoms with Crippen molar-refractivity contribution in [2.75, 3.05) is 20.1 Å². The van der Waals surface area contributed by atoms with E-state index in [1.165, 1.54) is 11.6 Å². The summed E-state index contributed by atoms with van der Waals surface area (Å²) in [6.45, 7) is 5.41. The van der Waals surface area contributed by atoms with Gasteiger partial charge in [0.15, 0.2) is 0 Å². The smallest absolute Gasteiger partial charge is 0.254 e. The fourth-order valence-electron chi connectivity index (χ4n) is 2.36. The molecule has 2 N–H and O–H groups in total. The van der Waals surface area contributed by atoms with Gasteiger partial charge in [-0.05, 0) is 68.2 Å². The van der Waals surface area contributed by atoms with Crippen LogP contribution in [0.25, 0.3) is 11.1 Å². The molecule has 2 rings (SSSR count). The number of carbonyl (C=O) groups is 1. The summed E-state index contributed by atoms with van der Waals surface area (Å²) in [7, 11) is 1.85. The van der Waals surface area contributed by atoms with E-state index in [0.717, 1.165) is 29.7 Å². The van der Waals surface area contributed by atoms with Crippen molar-refractivity contribution in [2.24, 2.45) is 0 Å². The van der Waals surface area contributed by atoms with Gasteiger partial charge < -0.3 is 10.6 Å². The molecule has 0 heterocycles. The maximum absolute atomic E-state index is 14.3. The molecule has 130 valence electrons. The van der Waals surface area contributed by atoms with E-state index in [1.54, 1.807) is 12.1 Å². The van der Waals surface area contributed by atoms with Crippen LogP contribution in [0.15, 0.2) is 36.4 Å². The third-order valence-corrected chi connectivity index (χ3v) is 3.94. The summed E-state index contributed by atoms with van der Waals surface area (Å²) < 4.78 is 14.3. The minimum Gasteiger partial charge on any atom is -0.352 e. The molecule has 0 spiro atoms. The summed E-state index contributed by atoms with van der Waals surface area (Å²) in [5.41, 5.74) is 4.17. The van der Waals surface area contributed by atoms with E-state index in [4.69, 9.17) is 0 Å². The number of carbonyl (C=O) groups excluding carboxylic acids is 1. The number of aryl methyl sites for hydroxylation is 2. The molecule has 0 bridgehead atoms. The maximum Gasteiger partial charge on any atom is 0.254 e. The molecule has 24 heavy (non-hydrogen) atoms. The molecule has 0 unspecified atom stereocenters. The first kappa shape index (κ1) is 20.1. The lowest BCUT2D eigenvalue weighted by Crippen LogP contribution is -2.27. The SMILES string of the molecule is CNCCCNC(=O)c1ccc(-c2ccc(C)c(C)c2)cc1F.Cl. The predicted octanol–water partition coefficient (Wildman–Crippen LogP) is 3.87. The van der Waals surface area contributed by atoms with Crippen LogP contribution in [0.5, 0.6) is 0 Å². The van der Waals surface area contributed by atoms with E-state index < -0.39 is 5.82 Å². The van der Waals surface area contributed by atoms with E-state index in [9.17, 15) is 9.18 Å². The van der Waals surface area contributed by atoms with Crippen LogP contribution in [-0.2, 0) is 0 Å². The highest BCUT2D eigenvalue weighted by Gasteiger charge is 2.12. The molecule has 0 saturated heterocycles. The van der Waals surface area contributed by atoms with Crippen LogP contribution in [0.4, 0.5) is 4.39 Å². The quantitative estimate of drug-likeness (QED) is 0.776. The summed E-state index contributed by atoms with van der Waals surface area (Å²) in [6, 6.07) is 10.8. The molecular formula is C19H24ClFN2O. The Hall–Kier alpha value is -1.91. The normalized spacial score (nSPS) is 10.2. The molecule has 0 radical (unpaired) electrons. The zero-order chi connectivity index (χ0) is 16.8. The van der Waals surface area contributed by atoms with Gasteiger partial charge in [-0.3, -0.25) is 4.79 Å². The second kappa shape index (κ2) is 9.40. The summed E-state index contributed by atoms with van der Waals surface area (Å²) in [6.07, 6.45) is 0.810. The highest BCUT2D eigenvalue weighted by molar-refractivity contribution is 5.95. The fourth-order valence-corrected chi connectivity index (χ4v) is 2.36. The number of benzene rings is 2. The molecule has 0 aromatic heterocycles. The van der Waals surface area contributed by atoms with Crippen molar-refractivity contribution in [3.05, 3.63) is 58.9 Å². The zero-order valence-electron chi connectivity index (χ0n) is 14.3. The van der Waals surface area contributed by atoms with E-state index in [2.05, 4.69) is 10.6 Å². The first-order valence-corrected chi connectivity index (χ1v) is 7.83. The molecule has 0 aliphatic heterocycles. The highest BCUT2D eigenvalue weighted by Crippen LogP contribution is 2.24. The van der Waals surface area contributed by atoms with Crippen molar-refractivity contribution in [1.82, 2.24) is 10.6 Å². The van der Waals surface area contributed by atoms with E-state index in [0.29, 0.717) is 6.54 Å². The maximum atomic E-state index is 14.3. The van der Waals surface area contributed by atoms with Crippen LogP contribution in [0, 0.1) is 19.7 Å². The fraction of sp³-hybridized carbons (Fsp3) is 0.316. The molecular weight excluding hydrogens is 327 g/mol. The molecule has 2 aromatic carbocycles. The molecule has 1 amide bonds. The summed E-state index contributed by atoms with van der Waals surface area (Å²) >= 11 is 0. The molecule has 0 aliphatic carbocycles.